The molecule has 0 aromatic rings. The summed E-state index contributed by atoms with van der Waals surface area (Å²) in [5.41, 5.74) is 0. The monoisotopic (exact) mass is 1450 g/mol. The molecule has 0 bridgehead atoms. The molecule has 3 saturated heterocycles. The van der Waals surface area contributed by atoms with Gasteiger partial charge in [-0.15, -0.1) is 0 Å². The lowest BCUT2D eigenvalue weighted by molar-refractivity contribution is -0.379. The zero-order valence-corrected chi connectivity index (χ0v) is 63.8. The van der Waals surface area contributed by atoms with Gasteiger partial charge in [-0.3, -0.25) is 4.79 Å². The zero-order valence-electron chi connectivity index (χ0n) is 63.8. The lowest BCUT2D eigenvalue weighted by Gasteiger charge is -2.48. The Bertz CT molecular complexity index is 2080. The molecule has 0 aromatic heterocycles. The molecule has 3 heterocycles. The number of hydrogen-bond donors (Lipinski definition) is 12. The predicted octanol–water partition coefficient (Wildman–Crippen LogP) is 14.2. The highest BCUT2D eigenvalue weighted by Gasteiger charge is 2.54. The number of rotatable bonds is 66. The molecule has 1 amide bonds. The van der Waals surface area contributed by atoms with Crippen molar-refractivity contribution in [2.75, 3.05) is 26.4 Å². The highest BCUT2D eigenvalue weighted by Crippen LogP contribution is 2.33. The number of allylic oxidation sites excluding steroid dienone is 9. The average Bonchev–Trinajstić information content (AvgIpc) is 0.781. The first-order valence-electron chi connectivity index (χ1n) is 41.5. The summed E-state index contributed by atoms with van der Waals surface area (Å²) >= 11 is 0. The van der Waals surface area contributed by atoms with Crippen molar-refractivity contribution in [2.24, 2.45) is 0 Å². The molecule has 3 aliphatic heterocycles. The van der Waals surface area contributed by atoms with Crippen LogP contribution in [0.15, 0.2) is 60.8 Å². The summed E-state index contributed by atoms with van der Waals surface area (Å²) in [6.07, 6.45) is 54.9. The van der Waals surface area contributed by atoms with Crippen LogP contribution in [0, 0.1) is 0 Å². The van der Waals surface area contributed by atoms with Crippen molar-refractivity contribution in [3.05, 3.63) is 60.8 Å². The van der Waals surface area contributed by atoms with E-state index in [9.17, 15) is 61.0 Å². The maximum atomic E-state index is 13.5. The molecular formula is C83H151NO18. The molecule has 17 unspecified atom stereocenters. The van der Waals surface area contributed by atoms with Gasteiger partial charge in [-0.25, -0.2) is 0 Å². The third kappa shape index (κ3) is 42.9. The Hall–Kier alpha value is -2.51. The van der Waals surface area contributed by atoms with E-state index in [0.717, 1.165) is 70.6 Å². The van der Waals surface area contributed by atoms with Crippen molar-refractivity contribution in [1.29, 1.82) is 0 Å². The van der Waals surface area contributed by atoms with Gasteiger partial charge in [-0.05, 0) is 57.8 Å². The molecule has 0 radical (unpaired) electrons. The van der Waals surface area contributed by atoms with E-state index in [1.807, 2.05) is 6.08 Å². The first-order chi connectivity index (χ1) is 49.8. The molecule has 0 aliphatic carbocycles. The Morgan fingerprint density at radius 1 is 0.363 bits per heavy atom. The number of nitrogens with one attached hydrogen (secondary N) is 1. The number of unbranched alkanes of at least 4 members (excludes halogenated alkanes) is 42. The fourth-order valence-electron chi connectivity index (χ4n) is 14.0. The lowest BCUT2D eigenvalue weighted by Crippen LogP contribution is -2.66. The number of amides is 1. The zero-order chi connectivity index (χ0) is 73.9. The van der Waals surface area contributed by atoms with E-state index in [0.29, 0.717) is 6.42 Å². The summed E-state index contributed by atoms with van der Waals surface area (Å²) in [7, 11) is 0. The van der Waals surface area contributed by atoms with Gasteiger partial charge < -0.3 is 89.9 Å². The maximum absolute atomic E-state index is 13.5. The van der Waals surface area contributed by atoms with E-state index >= 15 is 0 Å². The number of carbonyl (C=O) groups is 1. The summed E-state index contributed by atoms with van der Waals surface area (Å²) in [5, 5.41) is 121. The Kier molecular flexibility index (Phi) is 58.3. The van der Waals surface area contributed by atoms with Gasteiger partial charge >= 0.3 is 0 Å². The van der Waals surface area contributed by atoms with Gasteiger partial charge in [-0.1, -0.05) is 325 Å². The van der Waals surface area contributed by atoms with E-state index in [4.69, 9.17) is 28.4 Å². The third-order valence-electron chi connectivity index (χ3n) is 20.6. The van der Waals surface area contributed by atoms with Gasteiger partial charge in [0, 0.05) is 6.42 Å². The van der Waals surface area contributed by atoms with Crippen LogP contribution < -0.4 is 5.32 Å². The van der Waals surface area contributed by atoms with Gasteiger partial charge in [0.25, 0.3) is 0 Å². The Morgan fingerprint density at radius 2 is 0.676 bits per heavy atom. The second-order valence-corrected chi connectivity index (χ2v) is 29.6. The molecule has 19 heteroatoms. The fourth-order valence-corrected chi connectivity index (χ4v) is 14.0. The number of carbonyl (C=O) groups excluding carboxylic acids is 1. The Labute approximate surface area is 617 Å². The molecule has 3 rings (SSSR count). The van der Waals surface area contributed by atoms with Gasteiger partial charge in [0.15, 0.2) is 18.9 Å². The van der Waals surface area contributed by atoms with Crippen molar-refractivity contribution in [3.63, 3.8) is 0 Å². The van der Waals surface area contributed by atoms with Gasteiger partial charge in [-0.2, -0.15) is 0 Å². The van der Waals surface area contributed by atoms with Crippen LogP contribution in [0.1, 0.15) is 328 Å². The highest BCUT2D eigenvalue weighted by molar-refractivity contribution is 5.76. The van der Waals surface area contributed by atoms with Crippen molar-refractivity contribution < 1.29 is 89.4 Å². The van der Waals surface area contributed by atoms with Gasteiger partial charge in [0.1, 0.15) is 73.2 Å². The van der Waals surface area contributed by atoms with Crippen LogP contribution in [0.3, 0.4) is 0 Å². The average molecular weight is 1450 g/mol. The van der Waals surface area contributed by atoms with Crippen LogP contribution in [0.5, 0.6) is 0 Å². The summed E-state index contributed by atoms with van der Waals surface area (Å²) in [4.78, 5) is 13.5. The minimum Gasteiger partial charge on any atom is -0.394 e. The third-order valence-corrected chi connectivity index (χ3v) is 20.6. The minimum absolute atomic E-state index is 0.245. The molecule has 12 N–H and O–H groups in total. The topological polar surface area (TPSA) is 307 Å². The molecule has 17 atom stereocenters. The normalized spacial score (nSPS) is 26.5. The van der Waals surface area contributed by atoms with E-state index < -0.39 is 124 Å². The van der Waals surface area contributed by atoms with E-state index in [-0.39, 0.29) is 18.9 Å². The van der Waals surface area contributed by atoms with Crippen molar-refractivity contribution in [3.8, 4) is 0 Å². The van der Waals surface area contributed by atoms with Crippen LogP contribution >= 0.6 is 0 Å². The predicted molar refractivity (Wildman–Crippen MR) is 406 cm³/mol. The van der Waals surface area contributed by atoms with Crippen LogP contribution in [0.2, 0.25) is 0 Å². The molecule has 3 fully saturated rings. The van der Waals surface area contributed by atoms with E-state index in [2.05, 4.69) is 67.8 Å². The second-order valence-electron chi connectivity index (χ2n) is 29.6. The van der Waals surface area contributed by atoms with Crippen molar-refractivity contribution in [2.45, 2.75) is 433 Å². The molecular weight excluding hydrogens is 1300 g/mol. The molecule has 102 heavy (non-hydrogen) atoms. The van der Waals surface area contributed by atoms with Crippen LogP contribution in [0.25, 0.3) is 0 Å². The highest BCUT2D eigenvalue weighted by atomic mass is 16.8. The quantitative estimate of drug-likeness (QED) is 0.0199. The smallest absolute Gasteiger partial charge is 0.220 e. The molecule has 596 valence electrons. The minimum atomic E-state index is -1.98. The van der Waals surface area contributed by atoms with Crippen LogP contribution in [-0.2, 0) is 33.2 Å². The van der Waals surface area contributed by atoms with Crippen molar-refractivity contribution >= 4 is 5.91 Å². The van der Waals surface area contributed by atoms with Gasteiger partial charge in [0.05, 0.1) is 38.6 Å². The molecule has 19 nitrogen and oxygen atoms in total. The largest absolute Gasteiger partial charge is 0.394 e. The first kappa shape index (κ1) is 93.7. The number of ether oxygens (including phenoxy) is 6. The molecule has 0 aromatic carbocycles. The lowest BCUT2D eigenvalue weighted by atomic mass is 9.96. The molecule has 0 spiro atoms. The van der Waals surface area contributed by atoms with E-state index in [1.165, 1.54) is 231 Å². The molecule has 0 saturated carbocycles. The number of hydrogen-bond acceptors (Lipinski definition) is 18. The summed E-state index contributed by atoms with van der Waals surface area (Å²) in [5.74, 6) is -0.270. The fraction of sp³-hybridized carbons (Fsp3) is 0.867. The Balaban J connectivity index is 1.35. The van der Waals surface area contributed by atoms with Crippen LogP contribution in [0.4, 0.5) is 0 Å². The maximum Gasteiger partial charge on any atom is 0.220 e. The van der Waals surface area contributed by atoms with E-state index in [1.54, 1.807) is 6.08 Å². The number of aliphatic hydroxyl groups is 11. The summed E-state index contributed by atoms with van der Waals surface area (Å²) < 4.78 is 34.5. The van der Waals surface area contributed by atoms with Crippen molar-refractivity contribution in [1.82, 2.24) is 5.32 Å². The molecule has 3 aliphatic rings. The van der Waals surface area contributed by atoms with Gasteiger partial charge in [0.2, 0.25) is 5.91 Å². The summed E-state index contributed by atoms with van der Waals surface area (Å²) in [6.45, 7) is 1.67. The SMILES string of the molecule is CC/C=C\C/C=C\C/C=C\C/C=C\CCCCCCCCCCCCCCCCCCCCCCC(=O)NC(COC1OC(CO)C(OC2OC(CO)C(OC3OC(CO)C(O)C(O)C3O)C(O)C2O)C(O)C1O)C(O)/C=C/CCCCCCCCCCCCCCCCCCCCCCCC. The Morgan fingerprint density at radius 3 is 1.06 bits per heavy atom. The summed E-state index contributed by atoms with van der Waals surface area (Å²) in [6, 6.07) is -0.975. The van der Waals surface area contributed by atoms with Crippen LogP contribution in [-0.4, -0.2) is 193 Å². The standard InChI is InChI=1S/C83H151NO18/c1-3-5-7-9-11-13-15-17-19-21-23-25-27-29-30-31-32-33-34-35-36-37-39-41-43-45-47-49-51-53-55-57-59-61-71(89)84-66(67(88)60-58-56-54-52-50-48-46-44-42-40-38-28-26-24-22-20-18-16-14-12-10-8-6-4-2)65-97-81-77(95)74(92)79(69(63-86)99-81)102-83-78(96)75(93)80(70(64-87)100-83)101-82-76(94)73(91)72(90)68(62-85)98-82/h5,7,11,13,17,19,23,25,58,60,66-70,72-83,85-88,90-96H,3-4,6,8-10,12,14-16,18,20-22,24,26-57,59,61-65H2,1-2H3,(H,84,89)/b7-5-,13-11-,19-17-,25-23-,60-58+. The number of aliphatic hydroxyl groups excluding tert-OH is 11. The second kappa shape index (κ2) is 63.4. The first-order valence-corrected chi connectivity index (χ1v) is 41.5.